The second-order valence-electron chi connectivity index (χ2n) is 5.32. The van der Waals surface area contributed by atoms with Crippen LogP contribution in [0.5, 0.6) is 5.75 Å². The zero-order chi connectivity index (χ0) is 15.4. The quantitative estimate of drug-likeness (QED) is 0.631. The summed E-state index contributed by atoms with van der Waals surface area (Å²) in [7, 11) is 0. The van der Waals surface area contributed by atoms with Crippen LogP contribution >= 0.6 is 15.9 Å². The van der Waals surface area contributed by atoms with E-state index in [1.165, 1.54) is 5.56 Å². The van der Waals surface area contributed by atoms with Crippen molar-refractivity contribution in [3.8, 4) is 5.75 Å². The van der Waals surface area contributed by atoms with E-state index in [9.17, 15) is 0 Å². The van der Waals surface area contributed by atoms with Crippen molar-refractivity contribution < 1.29 is 4.74 Å². The van der Waals surface area contributed by atoms with Gasteiger partial charge in [-0.3, -0.25) is 5.84 Å². The largest absolute Gasteiger partial charge is 0.491 e. The number of hydrogen-bond donors (Lipinski definition) is 2. The van der Waals surface area contributed by atoms with Crippen molar-refractivity contribution in [3.05, 3.63) is 63.6 Å². The van der Waals surface area contributed by atoms with Crippen LogP contribution in [0.1, 0.15) is 36.6 Å². The van der Waals surface area contributed by atoms with Crippen molar-refractivity contribution in [2.75, 3.05) is 0 Å². The van der Waals surface area contributed by atoms with Crippen LogP contribution < -0.4 is 16.0 Å². The molecule has 0 aromatic heterocycles. The van der Waals surface area contributed by atoms with E-state index >= 15 is 0 Å². The fraction of sp³-hybridized carbons (Fsp3) is 0.294. The van der Waals surface area contributed by atoms with Gasteiger partial charge >= 0.3 is 0 Å². The van der Waals surface area contributed by atoms with Gasteiger partial charge in [0.1, 0.15) is 5.75 Å². The molecule has 0 aliphatic carbocycles. The van der Waals surface area contributed by atoms with Gasteiger partial charge in [0.15, 0.2) is 0 Å². The maximum absolute atomic E-state index is 5.80. The minimum atomic E-state index is -0.0880. The molecular formula is C17H21BrN2O. The Morgan fingerprint density at radius 3 is 2.52 bits per heavy atom. The minimum Gasteiger partial charge on any atom is -0.491 e. The Labute approximate surface area is 134 Å². The third kappa shape index (κ3) is 3.84. The van der Waals surface area contributed by atoms with Crippen molar-refractivity contribution in [1.29, 1.82) is 0 Å². The van der Waals surface area contributed by atoms with Crippen LogP contribution in [0.25, 0.3) is 0 Å². The lowest BCUT2D eigenvalue weighted by Gasteiger charge is -2.20. The van der Waals surface area contributed by atoms with Crippen molar-refractivity contribution in [2.45, 2.75) is 32.9 Å². The van der Waals surface area contributed by atoms with E-state index in [2.05, 4.69) is 40.4 Å². The molecule has 0 heterocycles. The van der Waals surface area contributed by atoms with Crippen molar-refractivity contribution >= 4 is 15.9 Å². The van der Waals surface area contributed by atoms with E-state index in [0.29, 0.717) is 0 Å². The Morgan fingerprint density at radius 1 is 1.14 bits per heavy atom. The van der Waals surface area contributed by atoms with Crippen LogP contribution in [0.15, 0.2) is 46.9 Å². The number of hydrazine groups is 1. The summed E-state index contributed by atoms with van der Waals surface area (Å²) in [6.45, 7) is 6.10. The predicted molar refractivity (Wildman–Crippen MR) is 90.3 cm³/mol. The van der Waals surface area contributed by atoms with Gasteiger partial charge < -0.3 is 4.74 Å². The number of aryl methyl sites for hydroxylation is 1. The topological polar surface area (TPSA) is 47.3 Å². The lowest BCUT2D eigenvalue weighted by Crippen LogP contribution is -2.29. The first-order valence-electron chi connectivity index (χ1n) is 7.00. The van der Waals surface area contributed by atoms with Crippen LogP contribution in [0.4, 0.5) is 0 Å². The van der Waals surface area contributed by atoms with E-state index in [4.69, 9.17) is 10.6 Å². The highest BCUT2D eigenvalue weighted by molar-refractivity contribution is 9.10. The third-order valence-corrected chi connectivity index (χ3v) is 4.35. The molecule has 2 rings (SSSR count). The molecule has 0 radical (unpaired) electrons. The molecule has 3 N–H and O–H groups in total. The molecule has 112 valence electrons. The highest BCUT2D eigenvalue weighted by atomic mass is 79.9. The van der Waals surface area contributed by atoms with E-state index in [1.807, 2.05) is 44.2 Å². The first kappa shape index (κ1) is 16.0. The molecule has 0 saturated carbocycles. The summed E-state index contributed by atoms with van der Waals surface area (Å²) in [6, 6.07) is 14.1. The van der Waals surface area contributed by atoms with Crippen molar-refractivity contribution in [1.82, 2.24) is 5.43 Å². The molecule has 21 heavy (non-hydrogen) atoms. The molecule has 0 spiro atoms. The third-order valence-electron chi connectivity index (χ3n) is 3.26. The molecule has 2 aromatic rings. The molecule has 2 aromatic carbocycles. The molecule has 0 saturated heterocycles. The molecule has 4 heteroatoms. The van der Waals surface area contributed by atoms with Crippen LogP contribution in [0, 0.1) is 6.92 Å². The zero-order valence-electron chi connectivity index (χ0n) is 12.6. The van der Waals surface area contributed by atoms with Crippen molar-refractivity contribution in [2.24, 2.45) is 5.84 Å². The smallest absolute Gasteiger partial charge is 0.120 e. The molecule has 0 aliphatic rings. The maximum atomic E-state index is 5.80. The van der Waals surface area contributed by atoms with Crippen LogP contribution in [-0.2, 0) is 0 Å². The minimum absolute atomic E-state index is 0.0880. The highest BCUT2D eigenvalue weighted by Gasteiger charge is 2.17. The monoisotopic (exact) mass is 348 g/mol. The van der Waals surface area contributed by atoms with E-state index in [0.717, 1.165) is 21.3 Å². The van der Waals surface area contributed by atoms with Gasteiger partial charge in [-0.05, 0) is 49.6 Å². The molecule has 0 aliphatic heterocycles. The molecule has 1 atom stereocenters. The fourth-order valence-corrected chi connectivity index (χ4v) is 2.79. The number of benzene rings is 2. The molecule has 0 bridgehead atoms. The summed E-state index contributed by atoms with van der Waals surface area (Å²) >= 11 is 3.65. The number of halogens is 1. The number of rotatable bonds is 5. The van der Waals surface area contributed by atoms with Crippen LogP contribution in [0.2, 0.25) is 0 Å². The van der Waals surface area contributed by atoms with Gasteiger partial charge in [-0.15, -0.1) is 0 Å². The summed E-state index contributed by atoms with van der Waals surface area (Å²) < 4.78 is 6.83. The summed E-state index contributed by atoms with van der Waals surface area (Å²) in [5.74, 6) is 6.65. The molecule has 1 unspecified atom stereocenters. The summed E-state index contributed by atoms with van der Waals surface area (Å²) in [5.41, 5.74) is 6.26. The molecule has 3 nitrogen and oxygen atoms in total. The van der Waals surface area contributed by atoms with Crippen LogP contribution in [0.3, 0.4) is 0 Å². The second kappa shape index (κ2) is 7.07. The second-order valence-corrected chi connectivity index (χ2v) is 6.11. The average Bonchev–Trinajstić information content (AvgIpc) is 2.44. The van der Waals surface area contributed by atoms with Gasteiger partial charge in [0.25, 0.3) is 0 Å². The number of hydrogen-bond acceptors (Lipinski definition) is 3. The summed E-state index contributed by atoms with van der Waals surface area (Å²) in [5, 5.41) is 0. The van der Waals surface area contributed by atoms with Gasteiger partial charge in [-0.25, -0.2) is 5.43 Å². The zero-order valence-corrected chi connectivity index (χ0v) is 14.1. The molecule has 0 amide bonds. The predicted octanol–water partition coefficient (Wildman–Crippen LogP) is 4.10. The Balaban J connectivity index is 2.39. The molecule has 0 fully saturated rings. The van der Waals surface area contributed by atoms with Gasteiger partial charge in [0.2, 0.25) is 0 Å². The Hall–Kier alpha value is -1.36. The number of ether oxygens (including phenoxy) is 1. The lowest BCUT2D eigenvalue weighted by atomic mass is 9.97. The molecular weight excluding hydrogens is 328 g/mol. The SMILES string of the molecule is Cc1cccc(C(NN)c2cccc(OC(C)C)c2)c1Br. The van der Waals surface area contributed by atoms with E-state index in [-0.39, 0.29) is 12.1 Å². The fourth-order valence-electron chi connectivity index (χ4n) is 2.30. The Morgan fingerprint density at radius 2 is 1.86 bits per heavy atom. The van der Waals surface area contributed by atoms with E-state index < -0.39 is 0 Å². The van der Waals surface area contributed by atoms with Gasteiger partial charge in [0.05, 0.1) is 12.1 Å². The highest BCUT2D eigenvalue weighted by Crippen LogP contribution is 2.31. The van der Waals surface area contributed by atoms with Gasteiger partial charge in [-0.1, -0.05) is 46.3 Å². The normalized spacial score (nSPS) is 12.5. The Bertz CT molecular complexity index is 613. The average molecular weight is 349 g/mol. The first-order valence-corrected chi connectivity index (χ1v) is 7.80. The standard InChI is InChI=1S/C17H21BrN2O/c1-11(2)21-14-8-5-7-13(10-14)17(20-19)15-9-4-6-12(3)16(15)18/h4-11,17,20H,19H2,1-3H3. The van der Waals surface area contributed by atoms with Gasteiger partial charge in [0, 0.05) is 4.47 Å². The summed E-state index contributed by atoms with van der Waals surface area (Å²) in [6.07, 6.45) is 0.148. The Kier molecular flexibility index (Phi) is 5.39. The number of nitrogens with two attached hydrogens (primary N) is 1. The number of nitrogens with one attached hydrogen (secondary N) is 1. The van der Waals surface area contributed by atoms with Crippen molar-refractivity contribution in [3.63, 3.8) is 0 Å². The maximum Gasteiger partial charge on any atom is 0.120 e. The van der Waals surface area contributed by atoms with Gasteiger partial charge in [-0.2, -0.15) is 0 Å². The summed E-state index contributed by atoms with van der Waals surface area (Å²) in [4.78, 5) is 0. The lowest BCUT2D eigenvalue weighted by molar-refractivity contribution is 0.242. The van der Waals surface area contributed by atoms with Crippen LogP contribution in [-0.4, -0.2) is 6.10 Å². The van der Waals surface area contributed by atoms with E-state index in [1.54, 1.807) is 0 Å². The first-order chi connectivity index (χ1) is 10.0.